The quantitative estimate of drug-likeness (QED) is 0.562. The molecule has 1 N–H and O–H groups in total. The van der Waals surface area contributed by atoms with Gasteiger partial charge in [-0.25, -0.2) is 0 Å². The van der Waals surface area contributed by atoms with Crippen molar-refractivity contribution in [2.45, 2.75) is 6.61 Å². The van der Waals surface area contributed by atoms with E-state index in [9.17, 15) is 14.4 Å². The average molecular weight is 451 g/mol. The van der Waals surface area contributed by atoms with Crippen LogP contribution in [0, 0.1) is 0 Å². The Kier molecular flexibility index (Phi) is 5.83. The smallest absolute Gasteiger partial charge is 0.261 e. The standard InChI is InChI=1S/C24H19ClN2O5/c1-27-23(29)18-9-8-17(12-19(18)24(27)30)26-22(28)15-5-10-20(21(11-15)31-2)32-13-14-3-6-16(25)7-4-14/h3-12H,13H2,1-2H3,(H,26,28). The SMILES string of the molecule is COc1cc(C(=O)Nc2ccc3c(c2)C(=O)N(C)C3=O)ccc1OCc1ccc(Cl)cc1. The summed E-state index contributed by atoms with van der Waals surface area (Å²) in [6.45, 7) is 0.315. The minimum atomic E-state index is -0.398. The highest BCUT2D eigenvalue weighted by Crippen LogP contribution is 2.30. The molecule has 3 aromatic carbocycles. The molecule has 162 valence electrons. The topological polar surface area (TPSA) is 84.9 Å². The third-order valence-electron chi connectivity index (χ3n) is 5.08. The number of hydrogen-bond donors (Lipinski definition) is 1. The number of imide groups is 1. The summed E-state index contributed by atoms with van der Waals surface area (Å²) in [7, 11) is 2.91. The molecule has 1 aliphatic heterocycles. The third kappa shape index (κ3) is 4.15. The predicted octanol–water partition coefficient (Wildman–Crippen LogP) is 4.41. The minimum Gasteiger partial charge on any atom is -0.493 e. The fraction of sp³-hybridized carbons (Fsp3) is 0.125. The van der Waals surface area contributed by atoms with Crippen LogP contribution in [0.5, 0.6) is 11.5 Å². The van der Waals surface area contributed by atoms with Crippen LogP contribution in [0.4, 0.5) is 5.69 Å². The Morgan fingerprint density at radius 3 is 2.38 bits per heavy atom. The van der Waals surface area contributed by atoms with Crippen LogP contribution in [0.3, 0.4) is 0 Å². The van der Waals surface area contributed by atoms with E-state index < -0.39 is 11.8 Å². The van der Waals surface area contributed by atoms with Crippen LogP contribution in [0.1, 0.15) is 36.6 Å². The zero-order valence-corrected chi connectivity index (χ0v) is 18.1. The number of fused-ring (bicyclic) bond motifs is 1. The number of amides is 3. The summed E-state index contributed by atoms with van der Waals surface area (Å²) in [6.07, 6.45) is 0. The molecule has 1 aliphatic rings. The lowest BCUT2D eigenvalue weighted by Crippen LogP contribution is -2.24. The van der Waals surface area contributed by atoms with Crippen molar-refractivity contribution in [2.24, 2.45) is 0 Å². The highest BCUT2D eigenvalue weighted by atomic mass is 35.5. The minimum absolute atomic E-state index is 0.263. The Labute approximate surface area is 189 Å². The molecule has 0 unspecified atom stereocenters. The van der Waals surface area contributed by atoms with Crippen LogP contribution in [-0.4, -0.2) is 36.8 Å². The molecule has 0 aliphatic carbocycles. The molecule has 3 aromatic rings. The van der Waals surface area contributed by atoms with E-state index in [1.165, 1.54) is 26.3 Å². The van der Waals surface area contributed by atoms with Crippen LogP contribution in [0.25, 0.3) is 0 Å². The number of nitrogens with zero attached hydrogens (tertiary/aromatic N) is 1. The number of ether oxygens (including phenoxy) is 2. The molecule has 1 heterocycles. The van der Waals surface area contributed by atoms with E-state index in [1.54, 1.807) is 36.4 Å². The molecule has 8 heteroatoms. The summed E-state index contributed by atoms with van der Waals surface area (Å²) in [6, 6.07) is 16.8. The maximum absolute atomic E-state index is 12.7. The van der Waals surface area contributed by atoms with Gasteiger partial charge in [0.1, 0.15) is 6.61 Å². The summed E-state index contributed by atoms with van der Waals surface area (Å²) in [5.74, 6) is -0.254. The highest BCUT2D eigenvalue weighted by Gasteiger charge is 2.32. The van der Waals surface area contributed by atoms with Crippen LogP contribution in [0.15, 0.2) is 60.7 Å². The molecule has 0 bridgehead atoms. The van der Waals surface area contributed by atoms with Crippen molar-refractivity contribution in [2.75, 3.05) is 19.5 Å². The lowest BCUT2D eigenvalue weighted by Gasteiger charge is -2.13. The molecule has 0 saturated heterocycles. The van der Waals surface area contributed by atoms with Gasteiger partial charge in [-0.05, 0) is 54.1 Å². The van der Waals surface area contributed by atoms with Gasteiger partial charge in [0.25, 0.3) is 17.7 Å². The number of carbonyl (C=O) groups excluding carboxylic acids is 3. The third-order valence-corrected chi connectivity index (χ3v) is 5.33. The number of halogens is 1. The lowest BCUT2D eigenvalue weighted by molar-refractivity contribution is 0.0692. The fourth-order valence-corrected chi connectivity index (χ4v) is 3.44. The normalized spacial score (nSPS) is 12.5. The molecular formula is C24H19ClN2O5. The summed E-state index contributed by atoms with van der Waals surface area (Å²) < 4.78 is 11.2. The molecule has 0 fully saturated rings. The molecule has 0 saturated carbocycles. The van der Waals surface area contributed by atoms with Crippen LogP contribution in [-0.2, 0) is 6.61 Å². The van der Waals surface area contributed by atoms with E-state index in [2.05, 4.69) is 5.32 Å². The number of carbonyl (C=O) groups is 3. The Morgan fingerprint density at radius 1 is 0.938 bits per heavy atom. The molecule has 0 radical (unpaired) electrons. The molecule has 4 rings (SSSR count). The van der Waals surface area contributed by atoms with Gasteiger partial charge in [0.05, 0.1) is 18.2 Å². The Bertz CT molecular complexity index is 1220. The van der Waals surface area contributed by atoms with Gasteiger partial charge < -0.3 is 14.8 Å². The first-order chi connectivity index (χ1) is 15.4. The summed E-state index contributed by atoms with van der Waals surface area (Å²) in [5.41, 5.74) is 2.28. The number of anilines is 1. The van der Waals surface area contributed by atoms with E-state index >= 15 is 0 Å². The number of methoxy groups -OCH3 is 1. The van der Waals surface area contributed by atoms with E-state index in [0.29, 0.717) is 39.9 Å². The first-order valence-corrected chi connectivity index (χ1v) is 10.1. The van der Waals surface area contributed by atoms with Gasteiger partial charge in [0.2, 0.25) is 0 Å². The second-order valence-corrected chi connectivity index (χ2v) is 7.60. The van der Waals surface area contributed by atoms with Crippen molar-refractivity contribution in [3.05, 3.63) is 87.9 Å². The van der Waals surface area contributed by atoms with Crippen molar-refractivity contribution in [1.82, 2.24) is 4.90 Å². The van der Waals surface area contributed by atoms with E-state index in [-0.39, 0.29) is 11.5 Å². The Morgan fingerprint density at radius 2 is 1.66 bits per heavy atom. The van der Waals surface area contributed by atoms with Gasteiger partial charge in [0.15, 0.2) is 11.5 Å². The van der Waals surface area contributed by atoms with Gasteiger partial charge in [0, 0.05) is 23.3 Å². The van der Waals surface area contributed by atoms with Crippen molar-refractivity contribution in [3.63, 3.8) is 0 Å². The first-order valence-electron chi connectivity index (χ1n) is 9.70. The van der Waals surface area contributed by atoms with Crippen molar-refractivity contribution < 1.29 is 23.9 Å². The molecule has 3 amide bonds. The molecule has 7 nitrogen and oxygen atoms in total. The lowest BCUT2D eigenvalue weighted by atomic mass is 10.1. The van der Waals surface area contributed by atoms with Crippen molar-refractivity contribution in [1.29, 1.82) is 0 Å². The zero-order valence-electron chi connectivity index (χ0n) is 17.3. The molecule has 0 atom stereocenters. The fourth-order valence-electron chi connectivity index (χ4n) is 3.31. The predicted molar refractivity (Wildman–Crippen MR) is 120 cm³/mol. The van der Waals surface area contributed by atoms with Gasteiger partial charge in [-0.1, -0.05) is 23.7 Å². The van der Waals surface area contributed by atoms with Gasteiger partial charge in [-0.2, -0.15) is 0 Å². The maximum atomic E-state index is 12.7. The van der Waals surface area contributed by atoms with Gasteiger partial charge in [-0.15, -0.1) is 0 Å². The largest absolute Gasteiger partial charge is 0.493 e. The summed E-state index contributed by atoms with van der Waals surface area (Å²) >= 11 is 5.90. The van der Waals surface area contributed by atoms with E-state index in [1.807, 2.05) is 12.1 Å². The summed E-state index contributed by atoms with van der Waals surface area (Å²) in [4.78, 5) is 38.0. The second kappa shape index (κ2) is 8.72. The molecule has 32 heavy (non-hydrogen) atoms. The number of nitrogens with one attached hydrogen (secondary N) is 1. The zero-order chi connectivity index (χ0) is 22.8. The van der Waals surface area contributed by atoms with Gasteiger partial charge >= 0.3 is 0 Å². The molecular weight excluding hydrogens is 432 g/mol. The number of benzene rings is 3. The van der Waals surface area contributed by atoms with Crippen molar-refractivity contribution >= 4 is 35.0 Å². The summed E-state index contributed by atoms with van der Waals surface area (Å²) in [5, 5.41) is 3.39. The van der Waals surface area contributed by atoms with Crippen molar-refractivity contribution in [3.8, 4) is 11.5 Å². The highest BCUT2D eigenvalue weighted by molar-refractivity contribution is 6.30. The van der Waals surface area contributed by atoms with E-state index in [4.69, 9.17) is 21.1 Å². The maximum Gasteiger partial charge on any atom is 0.261 e. The number of rotatable bonds is 6. The van der Waals surface area contributed by atoms with E-state index in [0.717, 1.165) is 10.5 Å². The van der Waals surface area contributed by atoms with Crippen LogP contribution < -0.4 is 14.8 Å². The Hall–Kier alpha value is -3.84. The molecule has 0 aromatic heterocycles. The Balaban J connectivity index is 1.48. The first kappa shape index (κ1) is 21.4. The van der Waals surface area contributed by atoms with Crippen LogP contribution >= 0.6 is 11.6 Å². The number of hydrogen-bond acceptors (Lipinski definition) is 5. The van der Waals surface area contributed by atoms with Gasteiger partial charge in [-0.3, -0.25) is 19.3 Å². The van der Waals surface area contributed by atoms with Crippen LogP contribution in [0.2, 0.25) is 5.02 Å². The average Bonchev–Trinajstić information content (AvgIpc) is 3.02. The second-order valence-electron chi connectivity index (χ2n) is 7.16. The molecule has 0 spiro atoms. The monoisotopic (exact) mass is 450 g/mol.